The van der Waals surface area contributed by atoms with Gasteiger partial charge in [-0.15, -0.1) is 0 Å². The van der Waals surface area contributed by atoms with Crippen molar-refractivity contribution >= 4 is 11.6 Å². The average Bonchev–Trinajstić information content (AvgIpc) is 2.26. The van der Waals surface area contributed by atoms with E-state index < -0.39 is 0 Å². The molecule has 0 aliphatic heterocycles. The minimum Gasteiger partial charge on any atom is -0.385 e. The van der Waals surface area contributed by atoms with E-state index in [1.165, 1.54) is 6.33 Å². The summed E-state index contributed by atoms with van der Waals surface area (Å²) in [5.41, 5.74) is 0. The average molecular weight is 210 g/mol. The summed E-state index contributed by atoms with van der Waals surface area (Å²) in [5, 5.41) is 6.25. The molecule has 0 saturated carbocycles. The Morgan fingerprint density at radius 1 is 1.40 bits per heavy atom. The highest BCUT2D eigenvalue weighted by molar-refractivity contribution is 5.46. The van der Waals surface area contributed by atoms with Gasteiger partial charge in [-0.25, -0.2) is 9.97 Å². The van der Waals surface area contributed by atoms with Gasteiger partial charge in [-0.2, -0.15) is 0 Å². The van der Waals surface area contributed by atoms with Crippen LogP contribution in [0.1, 0.15) is 13.3 Å². The van der Waals surface area contributed by atoms with E-state index in [-0.39, 0.29) is 0 Å². The predicted octanol–water partition coefficient (Wildman–Crippen LogP) is 1.36. The van der Waals surface area contributed by atoms with Gasteiger partial charge in [0.1, 0.15) is 18.0 Å². The van der Waals surface area contributed by atoms with Crippen LogP contribution in [0.15, 0.2) is 12.4 Å². The smallest absolute Gasteiger partial charge is 0.131 e. The molecule has 84 valence electrons. The minimum atomic E-state index is 0.338. The zero-order valence-electron chi connectivity index (χ0n) is 9.45. The third-order valence-electron chi connectivity index (χ3n) is 2.07. The Morgan fingerprint density at radius 2 is 2.13 bits per heavy atom. The molecule has 0 fully saturated rings. The molecule has 0 bridgehead atoms. The third-order valence-corrected chi connectivity index (χ3v) is 2.07. The SMILES string of the molecule is CNc1cc(NC(C)CCOC)ncn1. The fraction of sp³-hybridized carbons (Fsp3) is 0.600. The first-order valence-electron chi connectivity index (χ1n) is 5.01. The molecular weight excluding hydrogens is 192 g/mol. The summed E-state index contributed by atoms with van der Waals surface area (Å²) in [5.74, 6) is 1.64. The molecule has 0 aromatic carbocycles. The highest BCUT2D eigenvalue weighted by Gasteiger charge is 2.03. The molecule has 5 heteroatoms. The Hall–Kier alpha value is -1.36. The molecule has 1 heterocycles. The molecule has 1 aromatic rings. The van der Waals surface area contributed by atoms with Crippen LogP contribution in [0.5, 0.6) is 0 Å². The van der Waals surface area contributed by atoms with Crippen LogP contribution in [0.25, 0.3) is 0 Å². The standard InChI is InChI=1S/C10H18N4O/c1-8(4-5-15-3)14-10-6-9(11-2)12-7-13-10/h6-8H,4-5H2,1-3H3,(H2,11,12,13,14). The van der Waals surface area contributed by atoms with Crippen molar-refractivity contribution < 1.29 is 4.74 Å². The Balaban J connectivity index is 2.48. The van der Waals surface area contributed by atoms with Crippen molar-refractivity contribution in [3.05, 3.63) is 12.4 Å². The van der Waals surface area contributed by atoms with Crippen LogP contribution < -0.4 is 10.6 Å². The maximum absolute atomic E-state index is 5.01. The van der Waals surface area contributed by atoms with Gasteiger partial charge in [0.2, 0.25) is 0 Å². The van der Waals surface area contributed by atoms with Crippen molar-refractivity contribution in [2.24, 2.45) is 0 Å². The monoisotopic (exact) mass is 210 g/mol. The lowest BCUT2D eigenvalue weighted by Gasteiger charge is -2.13. The topological polar surface area (TPSA) is 59.1 Å². The van der Waals surface area contributed by atoms with E-state index in [9.17, 15) is 0 Å². The zero-order valence-corrected chi connectivity index (χ0v) is 9.45. The molecule has 1 unspecified atom stereocenters. The van der Waals surface area contributed by atoms with E-state index in [1.54, 1.807) is 7.11 Å². The van der Waals surface area contributed by atoms with Crippen molar-refractivity contribution in [1.29, 1.82) is 0 Å². The van der Waals surface area contributed by atoms with E-state index in [2.05, 4.69) is 27.5 Å². The number of methoxy groups -OCH3 is 1. The van der Waals surface area contributed by atoms with Crippen LogP contribution in [0.3, 0.4) is 0 Å². The molecule has 0 aliphatic rings. The molecule has 0 spiro atoms. The summed E-state index contributed by atoms with van der Waals surface area (Å²) < 4.78 is 5.01. The third kappa shape index (κ3) is 4.12. The Bertz CT molecular complexity index is 293. The minimum absolute atomic E-state index is 0.338. The van der Waals surface area contributed by atoms with Gasteiger partial charge >= 0.3 is 0 Å². The van der Waals surface area contributed by atoms with E-state index >= 15 is 0 Å². The maximum Gasteiger partial charge on any atom is 0.131 e. The highest BCUT2D eigenvalue weighted by Crippen LogP contribution is 2.09. The molecule has 0 amide bonds. The lowest BCUT2D eigenvalue weighted by Crippen LogP contribution is -2.18. The molecule has 1 aromatic heterocycles. The van der Waals surface area contributed by atoms with Crippen LogP contribution in [-0.4, -0.2) is 36.8 Å². The largest absolute Gasteiger partial charge is 0.385 e. The first-order valence-corrected chi connectivity index (χ1v) is 5.01. The Labute approximate surface area is 90.3 Å². The fourth-order valence-corrected chi connectivity index (χ4v) is 1.19. The normalized spacial score (nSPS) is 12.2. The van der Waals surface area contributed by atoms with Crippen LogP contribution in [-0.2, 0) is 4.74 Å². The molecule has 15 heavy (non-hydrogen) atoms. The lowest BCUT2D eigenvalue weighted by atomic mass is 10.2. The van der Waals surface area contributed by atoms with Crippen LogP contribution >= 0.6 is 0 Å². The van der Waals surface area contributed by atoms with E-state index in [0.29, 0.717) is 6.04 Å². The molecule has 0 radical (unpaired) electrons. The quantitative estimate of drug-likeness (QED) is 0.742. The zero-order chi connectivity index (χ0) is 11.1. The van der Waals surface area contributed by atoms with Gasteiger partial charge in [-0.3, -0.25) is 0 Å². The fourth-order valence-electron chi connectivity index (χ4n) is 1.19. The molecule has 2 N–H and O–H groups in total. The van der Waals surface area contributed by atoms with E-state index in [0.717, 1.165) is 24.7 Å². The van der Waals surface area contributed by atoms with Gasteiger partial charge in [0.05, 0.1) is 0 Å². The second-order valence-electron chi connectivity index (χ2n) is 3.37. The molecule has 5 nitrogen and oxygen atoms in total. The highest BCUT2D eigenvalue weighted by atomic mass is 16.5. The number of ether oxygens (including phenoxy) is 1. The van der Waals surface area contributed by atoms with Gasteiger partial charge in [-0.1, -0.05) is 0 Å². The number of hydrogen-bond acceptors (Lipinski definition) is 5. The summed E-state index contributed by atoms with van der Waals surface area (Å²) in [7, 11) is 3.54. The number of rotatable bonds is 6. The van der Waals surface area contributed by atoms with Gasteiger partial charge in [0.25, 0.3) is 0 Å². The van der Waals surface area contributed by atoms with Crippen molar-refractivity contribution in [2.45, 2.75) is 19.4 Å². The second-order valence-corrected chi connectivity index (χ2v) is 3.37. The van der Waals surface area contributed by atoms with Crippen molar-refractivity contribution in [3.8, 4) is 0 Å². The van der Waals surface area contributed by atoms with Crippen LogP contribution in [0.2, 0.25) is 0 Å². The number of nitrogens with one attached hydrogen (secondary N) is 2. The molecule has 0 aliphatic carbocycles. The number of aromatic nitrogens is 2. The number of hydrogen-bond donors (Lipinski definition) is 2. The predicted molar refractivity (Wildman–Crippen MR) is 61.2 cm³/mol. The Kier molecular flexibility index (Phi) is 4.83. The van der Waals surface area contributed by atoms with Gasteiger partial charge < -0.3 is 15.4 Å². The first kappa shape index (κ1) is 11.7. The lowest BCUT2D eigenvalue weighted by molar-refractivity contribution is 0.191. The summed E-state index contributed by atoms with van der Waals surface area (Å²) in [6.45, 7) is 2.85. The van der Waals surface area contributed by atoms with Crippen molar-refractivity contribution in [2.75, 3.05) is 31.4 Å². The second kappa shape index (κ2) is 6.19. The maximum atomic E-state index is 5.01. The van der Waals surface area contributed by atoms with E-state index in [1.807, 2.05) is 13.1 Å². The number of nitrogens with zero attached hydrogens (tertiary/aromatic N) is 2. The molecule has 0 saturated heterocycles. The van der Waals surface area contributed by atoms with Crippen LogP contribution in [0.4, 0.5) is 11.6 Å². The molecule has 1 atom stereocenters. The van der Waals surface area contributed by atoms with Crippen molar-refractivity contribution in [1.82, 2.24) is 9.97 Å². The van der Waals surface area contributed by atoms with Gasteiger partial charge in [0, 0.05) is 32.9 Å². The molecular formula is C10H18N4O. The molecule has 1 rings (SSSR count). The van der Waals surface area contributed by atoms with Gasteiger partial charge in [-0.05, 0) is 13.3 Å². The Morgan fingerprint density at radius 3 is 2.80 bits per heavy atom. The summed E-state index contributed by atoms with van der Waals surface area (Å²) in [4.78, 5) is 8.17. The van der Waals surface area contributed by atoms with Crippen LogP contribution in [0, 0.1) is 0 Å². The number of anilines is 2. The van der Waals surface area contributed by atoms with Crippen molar-refractivity contribution in [3.63, 3.8) is 0 Å². The summed E-state index contributed by atoms with van der Waals surface area (Å²) >= 11 is 0. The van der Waals surface area contributed by atoms with Gasteiger partial charge in [0.15, 0.2) is 0 Å². The summed E-state index contributed by atoms with van der Waals surface area (Å²) in [6, 6.07) is 2.22. The van der Waals surface area contributed by atoms with E-state index in [4.69, 9.17) is 4.74 Å². The first-order chi connectivity index (χ1) is 7.26. The summed E-state index contributed by atoms with van der Waals surface area (Å²) in [6.07, 6.45) is 2.49.